The van der Waals surface area contributed by atoms with Crippen LogP contribution < -0.4 is 0 Å². The summed E-state index contributed by atoms with van der Waals surface area (Å²) in [6.07, 6.45) is -4.29. The standard InChI is InChI=1S/C7H12O6/c1-2-4(8)5(9)3-6(10)13-7(11)12/h4-5,8-9H,2-3H2,1H3,(H,11,12). The van der Waals surface area contributed by atoms with Crippen LogP contribution in [0.15, 0.2) is 0 Å². The fourth-order valence-electron chi connectivity index (χ4n) is 0.718. The van der Waals surface area contributed by atoms with E-state index in [0.29, 0.717) is 0 Å². The number of carbonyl (C=O) groups excluding carboxylic acids is 1. The highest BCUT2D eigenvalue weighted by molar-refractivity contribution is 5.81. The molecule has 0 heterocycles. The number of hydrogen-bond donors (Lipinski definition) is 3. The van der Waals surface area contributed by atoms with E-state index >= 15 is 0 Å². The minimum atomic E-state index is -1.72. The van der Waals surface area contributed by atoms with Gasteiger partial charge in [-0.25, -0.2) is 4.79 Å². The first-order valence-corrected chi connectivity index (χ1v) is 3.77. The Bertz CT molecular complexity index is 189. The van der Waals surface area contributed by atoms with Crippen LogP contribution in [0.4, 0.5) is 4.79 Å². The van der Waals surface area contributed by atoms with Gasteiger partial charge >= 0.3 is 12.1 Å². The molecule has 2 atom stereocenters. The molecular weight excluding hydrogens is 180 g/mol. The molecule has 6 heteroatoms. The van der Waals surface area contributed by atoms with Crippen molar-refractivity contribution in [3.8, 4) is 0 Å². The second kappa shape index (κ2) is 5.50. The number of esters is 1. The number of carboxylic acid groups (broad SMARTS) is 1. The molecule has 13 heavy (non-hydrogen) atoms. The maximum Gasteiger partial charge on any atom is 0.513 e. The van der Waals surface area contributed by atoms with Crippen molar-refractivity contribution in [1.29, 1.82) is 0 Å². The molecule has 0 aliphatic heterocycles. The van der Waals surface area contributed by atoms with Crippen LogP contribution >= 0.6 is 0 Å². The third-order valence-electron chi connectivity index (χ3n) is 1.44. The van der Waals surface area contributed by atoms with Gasteiger partial charge in [0.05, 0.1) is 18.6 Å². The molecular formula is C7H12O6. The number of rotatable bonds is 4. The quantitative estimate of drug-likeness (QED) is 0.418. The lowest BCUT2D eigenvalue weighted by molar-refractivity contribution is -0.143. The fraction of sp³-hybridized carbons (Fsp3) is 0.714. The molecule has 0 aromatic heterocycles. The average Bonchev–Trinajstić information content (AvgIpc) is 2.01. The van der Waals surface area contributed by atoms with Crippen molar-refractivity contribution >= 4 is 12.1 Å². The molecule has 0 radical (unpaired) electrons. The van der Waals surface area contributed by atoms with Gasteiger partial charge in [0.1, 0.15) is 0 Å². The lowest BCUT2D eigenvalue weighted by Gasteiger charge is -2.13. The minimum Gasteiger partial charge on any atom is -0.449 e. The van der Waals surface area contributed by atoms with Gasteiger partial charge < -0.3 is 20.1 Å². The number of carbonyl (C=O) groups is 2. The first-order valence-electron chi connectivity index (χ1n) is 3.77. The van der Waals surface area contributed by atoms with E-state index < -0.39 is 30.8 Å². The fourth-order valence-corrected chi connectivity index (χ4v) is 0.718. The molecule has 0 bridgehead atoms. The SMILES string of the molecule is CCC(O)C(O)CC(=O)OC(=O)O. The maximum absolute atomic E-state index is 10.6. The van der Waals surface area contributed by atoms with Gasteiger partial charge in [0.15, 0.2) is 0 Å². The van der Waals surface area contributed by atoms with Crippen molar-refractivity contribution in [2.45, 2.75) is 32.0 Å². The number of ether oxygens (including phenoxy) is 1. The predicted octanol–water partition coefficient (Wildman–Crippen LogP) is -0.271. The Balaban J connectivity index is 3.84. The van der Waals surface area contributed by atoms with Gasteiger partial charge in [0.25, 0.3) is 0 Å². The Hall–Kier alpha value is -1.14. The molecule has 0 saturated carbocycles. The van der Waals surface area contributed by atoms with E-state index in [0.717, 1.165) is 0 Å². The molecule has 0 fully saturated rings. The second-order valence-corrected chi connectivity index (χ2v) is 2.49. The summed E-state index contributed by atoms with van der Waals surface area (Å²) in [6.45, 7) is 1.62. The molecule has 0 aliphatic rings. The van der Waals surface area contributed by atoms with Crippen molar-refractivity contribution in [3.05, 3.63) is 0 Å². The van der Waals surface area contributed by atoms with E-state index in [1.165, 1.54) is 0 Å². The highest BCUT2D eigenvalue weighted by atomic mass is 16.7. The highest BCUT2D eigenvalue weighted by Gasteiger charge is 2.20. The molecule has 0 aromatic carbocycles. The normalized spacial score (nSPS) is 14.7. The van der Waals surface area contributed by atoms with Crippen LogP contribution in [0.5, 0.6) is 0 Å². The summed E-state index contributed by atoms with van der Waals surface area (Å²) < 4.78 is 3.72. The van der Waals surface area contributed by atoms with E-state index in [9.17, 15) is 9.59 Å². The Morgan fingerprint density at radius 2 is 1.85 bits per heavy atom. The lowest BCUT2D eigenvalue weighted by atomic mass is 10.1. The molecule has 3 N–H and O–H groups in total. The van der Waals surface area contributed by atoms with Gasteiger partial charge in [0, 0.05) is 0 Å². The average molecular weight is 192 g/mol. The molecule has 2 unspecified atom stereocenters. The number of aliphatic hydroxyl groups is 2. The smallest absolute Gasteiger partial charge is 0.449 e. The van der Waals surface area contributed by atoms with Gasteiger partial charge in [-0.15, -0.1) is 0 Å². The summed E-state index contributed by atoms with van der Waals surface area (Å²) in [5, 5.41) is 26.1. The van der Waals surface area contributed by atoms with Gasteiger partial charge in [0.2, 0.25) is 0 Å². The van der Waals surface area contributed by atoms with Crippen LogP contribution in [0, 0.1) is 0 Å². The summed E-state index contributed by atoms with van der Waals surface area (Å²) in [6, 6.07) is 0. The van der Waals surface area contributed by atoms with Gasteiger partial charge in [-0.2, -0.15) is 0 Å². The first kappa shape index (κ1) is 11.9. The molecule has 76 valence electrons. The summed E-state index contributed by atoms with van der Waals surface area (Å²) in [4.78, 5) is 20.5. The van der Waals surface area contributed by atoms with Crippen molar-refractivity contribution in [2.24, 2.45) is 0 Å². The molecule has 0 saturated heterocycles. The third kappa shape index (κ3) is 5.15. The maximum atomic E-state index is 10.6. The summed E-state index contributed by atoms with van der Waals surface area (Å²) in [7, 11) is 0. The summed E-state index contributed by atoms with van der Waals surface area (Å²) >= 11 is 0. The van der Waals surface area contributed by atoms with Crippen molar-refractivity contribution < 1.29 is 29.6 Å². The van der Waals surface area contributed by atoms with Crippen LogP contribution in [0.25, 0.3) is 0 Å². The van der Waals surface area contributed by atoms with Crippen molar-refractivity contribution in [2.75, 3.05) is 0 Å². The van der Waals surface area contributed by atoms with E-state index in [1.54, 1.807) is 6.92 Å². The summed E-state index contributed by atoms with van der Waals surface area (Å²) in [5.41, 5.74) is 0. The number of aliphatic hydroxyl groups excluding tert-OH is 2. The third-order valence-corrected chi connectivity index (χ3v) is 1.44. The zero-order valence-electron chi connectivity index (χ0n) is 7.14. The van der Waals surface area contributed by atoms with Gasteiger partial charge in [-0.05, 0) is 6.42 Å². The Labute approximate surface area is 74.7 Å². The Kier molecular flexibility index (Phi) is 5.01. The van der Waals surface area contributed by atoms with E-state index in [-0.39, 0.29) is 6.42 Å². The topological polar surface area (TPSA) is 104 Å². The van der Waals surface area contributed by atoms with Gasteiger partial charge in [-0.3, -0.25) is 4.79 Å². The highest BCUT2D eigenvalue weighted by Crippen LogP contribution is 2.03. The largest absolute Gasteiger partial charge is 0.513 e. The lowest BCUT2D eigenvalue weighted by Crippen LogP contribution is -2.29. The first-order chi connectivity index (χ1) is 5.97. The van der Waals surface area contributed by atoms with Crippen LogP contribution in [0.2, 0.25) is 0 Å². The van der Waals surface area contributed by atoms with Gasteiger partial charge in [-0.1, -0.05) is 6.92 Å². The zero-order chi connectivity index (χ0) is 10.4. The Morgan fingerprint density at radius 1 is 1.31 bits per heavy atom. The monoisotopic (exact) mass is 192 g/mol. The molecule has 0 aromatic rings. The zero-order valence-corrected chi connectivity index (χ0v) is 7.14. The van der Waals surface area contributed by atoms with E-state index in [2.05, 4.69) is 4.74 Å². The van der Waals surface area contributed by atoms with E-state index in [1.807, 2.05) is 0 Å². The number of hydrogen-bond acceptors (Lipinski definition) is 5. The van der Waals surface area contributed by atoms with Crippen LogP contribution in [-0.4, -0.2) is 39.7 Å². The predicted molar refractivity (Wildman–Crippen MR) is 41.0 cm³/mol. The van der Waals surface area contributed by atoms with Crippen molar-refractivity contribution in [1.82, 2.24) is 0 Å². The minimum absolute atomic E-state index is 0.279. The molecule has 0 aliphatic carbocycles. The molecule has 0 spiro atoms. The Morgan fingerprint density at radius 3 is 2.23 bits per heavy atom. The second-order valence-electron chi connectivity index (χ2n) is 2.49. The molecule has 0 rings (SSSR count). The summed E-state index contributed by atoms with van der Waals surface area (Å²) in [5.74, 6) is -1.08. The van der Waals surface area contributed by atoms with E-state index in [4.69, 9.17) is 15.3 Å². The molecule has 0 amide bonds. The van der Waals surface area contributed by atoms with Crippen LogP contribution in [-0.2, 0) is 9.53 Å². The van der Waals surface area contributed by atoms with Crippen LogP contribution in [0.3, 0.4) is 0 Å². The van der Waals surface area contributed by atoms with Crippen molar-refractivity contribution in [3.63, 3.8) is 0 Å². The molecule has 6 nitrogen and oxygen atoms in total. The van der Waals surface area contributed by atoms with Crippen LogP contribution in [0.1, 0.15) is 19.8 Å².